The van der Waals surface area contributed by atoms with Gasteiger partial charge < -0.3 is 4.74 Å². The molecule has 0 saturated carbocycles. The molecule has 0 aliphatic heterocycles. The predicted octanol–water partition coefficient (Wildman–Crippen LogP) is 2.00. The number of carbonyl (C=O) groups excluding carboxylic acids is 2. The molecule has 2 rings (SSSR count). The zero-order valence-electron chi connectivity index (χ0n) is 12.4. The summed E-state index contributed by atoms with van der Waals surface area (Å²) in [4.78, 5) is 36.3. The number of ketones is 1. The minimum absolute atomic E-state index is 0.0639. The average Bonchev–Trinajstić information content (AvgIpc) is 2.55. The van der Waals surface area contributed by atoms with Crippen LogP contribution in [0.15, 0.2) is 41.2 Å². The smallest absolute Gasteiger partial charge is 0.343 e. The Morgan fingerprint density at radius 1 is 1.18 bits per heavy atom. The summed E-state index contributed by atoms with van der Waals surface area (Å²) in [6.45, 7) is 3.47. The van der Waals surface area contributed by atoms with Gasteiger partial charge in [-0.25, -0.2) is 4.79 Å². The standard InChI is InChI=1S/C16H16N2O4/c1-3-14(19)13-10-12(16(21)22-4-2)15(20)18(17-13)11-8-6-5-7-9-11/h5-10H,3-4H2,1-2H3. The van der Waals surface area contributed by atoms with Gasteiger partial charge in [0.2, 0.25) is 0 Å². The first-order valence-electron chi connectivity index (χ1n) is 6.98. The molecule has 1 aromatic carbocycles. The number of rotatable bonds is 5. The third-order valence-corrected chi connectivity index (χ3v) is 3.01. The van der Waals surface area contributed by atoms with Crippen LogP contribution >= 0.6 is 0 Å². The molecule has 0 aliphatic rings. The van der Waals surface area contributed by atoms with E-state index >= 15 is 0 Å². The Kier molecular flexibility index (Phi) is 4.83. The summed E-state index contributed by atoms with van der Waals surface area (Å²) in [7, 11) is 0. The van der Waals surface area contributed by atoms with Gasteiger partial charge in [0, 0.05) is 6.42 Å². The van der Waals surface area contributed by atoms with Crippen LogP contribution in [0.1, 0.15) is 41.1 Å². The maximum Gasteiger partial charge on any atom is 0.343 e. The van der Waals surface area contributed by atoms with E-state index in [0.29, 0.717) is 5.69 Å². The zero-order chi connectivity index (χ0) is 16.1. The van der Waals surface area contributed by atoms with E-state index in [2.05, 4.69) is 5.10 Å². The maximum atomic E-state index is 12.4. The molecule has 22 heavy (non-hydrogen) atoms. The number of carbonyl (C=O) groups is 2. The van der Waals surface area contributed by atoms with Crippen LogP contribution in [0, 0.1) is 0 Å². The Morgan fingerprint density at radius 2 is 1.86 bits per heavy atom. The molecule has 1 heterocycles. The van der Waals surface area contributed by atoms with Crippen molar-refractivity contribution in [2.45, 2.75) is 20.3 Å². The molecular weight excluding hydrogens is 284 g/mol. The number of nitrogens with zero attached hydrogens (tertiary/aromatic N) is 2. The van der Waals surface area contributed by atoms with Crippen molar-refractivity contribution in [1.29, 1.82) is 0 Å². The summed E-state index contributed by atoms with van der Waals surface area (Å²) in [5.74, 6) is -1.01. The molecule has 6 nitrogen and oxygen atoms in total. The van der Waals surface area contributed by atoms with E-state index in [1.54, 1.807) is 44.2 Å². The summed E-state index contributed by atoms with van der Waals surface area (Å²) in [5, 5.41) is 4.06. The van der Waals surface area contributed by atoms with E-state index in [1.165, 1.54) is 6.07 Å². The molecule has 0 spiro atoms. The van der Waals surface area contributed by atoms with Gasteiger partial charge in [0.1, 0.15) is 11.3 Å². The summed E-state index contributed by atoms with van der Waals surface area (Å²) >= 11 is 0. The molecule has 0 saturated heterocycles. The number of esters is 1. The molecule has 0 bridgehead atoms. The number of hydrogen-bond acceptors (Lipinski definition) is 5. The molecule has 6 heteroatoms. The van der Waals surface area contributed by atoms with Gasteiger partial charge in [-0.15, -0.1) is 0 Å². The number of ether oxygens (including phenoxy) is 1. The lowest BCUT2D eigenvalue weighted by Gasteiger charge is -2.09. The van der Waals surface area contributed by atoms with E-state index in [0.717, 1.165) is 4.68 Å². The van der Waals surface area contributed by atoms with Gasteiger partial charge in [0.05, 0.1) is 12.3 Å². The number of hydrogen-bond donors (Lipinski definition) is 0. The summed E-state index contributed by atoms with van der Waals surface area (Å²) in [6.07, 6.45) is 0.224. The van der Waals surface area contributed by atoms with Crippen molar-refractivity contribution < 1.29 is 14.3 Å². The minimum Gasteiger partial charge on any atom is -0.462 e. The van der Waals surface area contributed by atoms with E-state index < -0.39 is 11.5 Å². The molecule has 114 valence electrons. The number of Topliss-reactive ketones (excluding diaryl/α,β-unsaturated/α-hetero) is 1. The van der Waals surface area contributed by atoms with Crippen LogP contribution in [0.5, 0.6) is 0 Å². The summed E-state index contributed by atoms with van der Waals surface area (Å²) in [6, 6.07) is 9.81. The zero-order valence-corrected chi connectivity index (χ0v) is 12.4. The Balaban J connectivity index is 2.67. The third-order valence-electron chi connectivity index (χ3n) is 3.01. The van der Waals surface area contributed by atoms with Gasteiger partial charge in [-0.3, -0.25) is 9.59 Å². The average molecular weight is 300 g/mol. The second-order valence-corrected chi connectivity index (χ2v) is 4.49. The van der Waals surface area contributed by atoms with Crippen molar-refractivity contribution in [2.24, 2.45) is 0 Å². The van der Waals surface area contributed by atoms with E-state index in [9.17, 15) is 14.4 Å². The maximum absolute atomic E-state index is 12.4. The van der Waals surface area contributed by atoms with Crippen LogP contribution < -0.4 is 5.56 Å². The van der Waals surface area contributed by atoms with Gasteiger partial charge in [-0.2, -0.15) is 9.78 Å². The highest BCUT2D eigenvalue weighted by Gasteiger charge is 2.19. The minimum atomic E-state index is -0.760. The normalized spacial score (nSPS) is 10.3. The first-order valence-corrected chi connectivity index (χ1v) is 6.98. The van der Waals surface area contributed by atoms with Crippen LogP contribution in [0.3, 0.4) is 0 Å². The van der Waals surface area contributed by atoms with Crippen LogP contribution in [0.25, 0.3) is 5.69 Å². The fourth-order valence-electron chi connectivity index (χ4n) is 1.91. The Bertz CT molecular complexity index is 750. The number of para-hydroxylation sites is 1. The second kappa shape index (κ2) is 6.80. The predicted molar refractivity (Wildman–Crippen MR) is 80.4 cm³/mol. The molecule has 0 unspecified atom stereocenters. The number of aromatic nitrogens is 2. The lowest BCUT2D eigenvalue weighted by atomic mass is 10.1. The van der Waals surface area contributed by atoms with Crippen molar-refractivity contribution in [1.82, 2.24) is 9.78 Å². The lowest BCUT2D eigenvalue weighted by Crippen LogP contribution is -2.30. The Hall–Kier alpha value is -2.76. The van der Waals surface area contributed by atoms with Crippen molar-refractivity contribution in [3.8, 4) is 5.69 Å². The molecule has 0 amide bonds. The van der Waals surface area contributed by atoms with Crippen LogP contribution in [0.2, 0.25) is 0 Å². The molecule has 2 aromatic rings. The van der Waals surface area contributed by atoms with Crippen LogP contribution in [-0.2, 0) is 4.74 Å². The Labute approximate surface area is 127 Å². The Morgan fingerprint density at radius 3 is 2.45 bits per heavy atom. The van der Waals surface area contributed by atoms with Crippen molar-refractivity contribution >= 4 is 11.8 Å². The molecular formula is C16H16N2O4. The monoisotopic (exact) mass is 300 g/mol. The van der Waals surface area contributed by atoms with Crippen LogP contribution in [0.4, 0.5) is 0 Å². The van der Waals surface area contributed by atoms with Crippen molar-refractivity contribution in [3.05, 3.63) is 58.0 Å². The second-order valence-electron chi connectivity index (χ2n) is 4.49. The fourth-order valence-corrected chi connectivity index (χ4v) is 1.91. The molecule has 0 aliphatic carbocycles. The SMILES string of the molecule is CCOC(=O)c1cc(C(=O)CC)nn(-c2ccccc2)c1=O. The van der Waals surface area contributed by atoms with E-state index in [1.807, 2.05) is 0 Å². The first-order chi connectivity index (χ1) is 10.6. The van der Waals surface area contributed by atoms with Crippen LogP contribution in [-0.4, -0.2) is 28.1 Å². The van der Waals surface area contributed by atoms with Gasteiger partial charge in [0.15, 0.2) is 5.78 Å². The highest BCUT2D eigenvalue weighted by atomic mass is 16.5. The summed E-state index contributed by atoms with van der Waals surface area (Å²) in [5.41, 5.74) is -0.271. The molecule has 0 N–H and O–H groups in total. The number of benzene rings is 1. The van der Waals surface area contributed by atoms with E-state index in [4.69, 9.17) is 4.74 Å². The fraction of sp³-hybridized carbons (Fsp3) is 0.250. The molecule has 0 atom stereocenters. The van der Waals surface area contributed by atoms with Gasteiger partial charge in [0.25, 0.3) is 5.56 Å². The lowest BCUT2D eigenvalue weighted by molar-refractivity contribution is 0.0523. The highest BCUT2D eigenvalue weighted by Crippen LogP contribution is 2.07. The molecule has 0 fully saturated rings. The molecule has 0 radical (unpaired) electrons. The van der Waals surface area contributed by atoms with E-state index in [-0.39, 0.29) is 30.1 Å². The third kappa shape index (κ3) is 3.11. The van der Waals surface area contributed by atoms with Gasteiger partial charge >= 0.3 is 5.97 Å². The highest BCUT2D eigenvalue weighted by molar-refractivity contribution is 5.97. The summed E-state index contributed by atoms with van der Waals surface area (Å²) < 4.78 is 5.93. The molecule has 1 aromatic heterocycles. The quantitative estimate of drug-likeness (QED) is 0.623. The van der Waals surface area contributed by atoms with Crippen molar-refractivity contribution in [3.63, 3.8) is 0 Å². The van der Waals surface area contributed by atoms with Crippen molar-refractivity contribution in [2.75, 3.05) is 6.61 Å². The topological polar surface area (TPSA) is 78.3 Å². The van der Waals surface area contributed by atoms with Gasteiger partial charge in [-0.05, 0) is 25.1 Å². The van der Waals surface area contributed by atoms with Gasteiger partial charge in [-0.1, -0.05) is 25.1 Å². The largest absolute Gasteiger partial charge is 0.462 e. The first kappa shape index (κ1) is 15.6.